The predicted molar refractivity (Wildman–Crippen MR) is 73.5 cm³/mol. The van der Waals surface area contributed by atoms with Gasteiger partial charge in [0.2, 0.25) is 0 Å². The molecule has 0 spiro atoms. The van der Waals surface area contributed by atoms with Gasteiger partial charge in [0.25, 0.3) is 0 Å². The Hall–Kier alpha value is -2.01. The monoisotopic (exact) mass is 272 g/mol. The molecule has 1 heterocycles. The zero-order valence-electron chi connectivity index (χ0n) is 10.4. The van der Waals surface area contributed by atoms with Gasteiger partial charge in [-0.25, -0.2) is 0 Å². The van der Waals surface area contributed by atoms with Crippen molar-refractivity contribution in [1.82, 2.24) is 9.59 Å². The summed E-state index contributed by atoms with van der Waals surface area (Å²) in [5.41, 5.74) is 3.37. The largest absolute Gasteiger partial charge is 0.497 e. The number of methoxy groups -OCH3 is 1. The van der Waals surface area contributed by atoms with Gasteiger partial charge in [0.1, 0.15) is 5.75 Å². The zero-order chi connectivity index (χ0) is 13.2. The Morgan fingerprint density at radius 1 is 1.37 bits per heavy atom. The number of carbonyl (C=O) groups is 1. The highest BCUT2D eigenvalue weighted by molar-refractivity contribution is 7.03. The van der Waals surface area contributed by atoms with E-state index in [4.69, 9.17) is 4.74 Å². The van der Waals surface area contributed by atoms with E-state index in [0.717, 1.165) is 41.0 Å². The van der Waals surface area contributed by atoms with Crippen molar-refractivity contribution in [3.63, 3.8) is 0 Å². The molecule has 1 aromatic heterocycles. The first-order valence-corrected chi connectivity index (χ1v) is 6.81. The van der Waals surface area contributed by atoms with Gasteiger partial charge in [-0.1, -0.05) is 4.49 Å². The minimum atomic E-state index is 0.0805. The van der Waals surface area contributed by atoms with Gasteiger partial charge in [0.15, 0.2) is 5.78 Å². The number of ether oxygens (including phenoxy) is 1. The van der Waals surface area contributed by atoms with E-state index < -0.39 is 0 Å². The molecule has 1 aromatic carbocycles. The summed E-state index contributed by atoms with van der Waals surface area (Å²) in [4.78, 5) is 12.4. The number of hydrogen-bond donors (Lipinski definition) is 0. The van der Waals surface area contributed by atoms with E-state index in [2.05, 4.69) is 9.59 Å². The molecule has 1 aliphatic rings. The molecule has 96 valence electrons. The van der Waals surface area contributed by atoms with Crippen molar-refractivity contribution in [3.8, 4) is 5.75 Å². The number of rotatable bonds is 2. The highest BCUT2D eigenvalue weighted by Gasteiger charge is 2.22. The average Bonchev–Trinajstić information content (AvgIpc) is 2.94. The fourth-order valence-electron chi connectivity index (χ4n) is 2.23. The van der Waals surface area contributed by atoms with Crippen molar-refractivity contribution in [2.24, 2.45) is 0 Å². The second-order valence-corrected chi connectivity index (χ2v) is 4.96. The van der Waals surface area contributed by atoms with Gasteiger partial charge in [-0.2, -0.15) is 0 Å². The molecule has 0 unspecified atom stereocenters. The van der Waals surface area contributed by atoms with Crippen LogP contribution in [0.2, 0.25) is 0 Å². The van der Waals surface area contributed by atoms with Gasteiger partial charge in [-0.15, -0.1) is 5.10 Å². The molecule has 4 nitrogen and oxygen atoms in total. The third kappa shape index (κ3) is 2.29. The van der Waals surface area contributed by atoms with Crippen LogP contribution in [0.3, 0.4) is 0 Å². The lowest BCUT2D eigenvalue weighted by molar-refractivity contribution is 0.102. The molecule has 0 atom stereocenters. The van der Waals surface area contributed by atoms with E-state index in [1.165, 1.54) is 11.5 Å². The summed E-state index contributed by atoms with van der Waals surface area (Å²) in [5.74, 6) is 0.875. The quantitative estimate of drug-likeness (QED) is 0.789. The van der Waals surface area contributed by atoms with Crippen LogP contribution < -0.4 is 4.74 Å². The van der Waals surface area contributed by atoms with Gasteiger partial charge in [-0.05, 0) is 54.2 Å². The van der Waals surface area contributed by atoms with Gasteiger partial charge in [-0.3, -0.25) is 4.79 Å². The van der Waals surface area contributed by atoms with Crippen molar-refractivity contribution >= 4 is 23.4 Å². The molecule has 0 saturated carbocycles. The van der Waals surface area contributed by atoms with Crippen molar-refractivity contribution < 1.29 is 9.53 Å². The number of aromatic nitrogens is 2. The third-order valence-corrected chi connectivity index (χ3v) is 3.73. The van der Waals surface area contributed by atoms with E-state index in [9.17, 15) is 4.79 Å². The summed E-state index contributed by atoms with van der Waals surface area (Å²) in [6.45, 7) is 0. The number of hydrogen-bond acceptors (Lipinski definition) is 5. The van der Waals surface area contributed by atoms with Crippen molar-refractivity contribution in [2.45, 2.75) is 12.8 Å². The number of benzene rings is 1. The van der Waals surface area contributed by atoms with Crippen LogP contribution in [-0.4, -0.2) is 22.5 Å². The van der Waals surface area contributed by atoms with Crippen LogP contribution in [0, 0.1) is 0 Å². The number of allylic oxidation sites excluding steroid dienone is 1. The maximum absolute atomic E-state index is 12.4. The minimum Gasteiger partial charge on any atom is -0.497 e. The maximum atomic E-state index is 12.4. The lowest BCUT2D eigenvalue weighted by Crippen LogP contribution is -2.14. The Morgan fingerprint density at radius 2 is 2.26 bits per heavy atom. The summed E-state index contributed by atoms with van der Waals surface area (Å²) in [5, 5.41) is 5.79. The molecule has 0 saturated heterocycles. The highest BCUT2D eigenvalue weighted by atomic mass is 32.1. The summed E-state index contributed by atoms with van der Waals surface area (Å²) in [7, 11) is 1.63. The summed E-state index contributed by atoms with van der Waals surface area (Å²) >= 11 is 1.29. The molecular weight excluding hydrogens is 260 g/mol. The number of aryl methyl sites for hydroxylation is 1. The Bertz CT molecular complexity index is 647. The molecule has 1 aliphatic carbocycles. The Morgan fingerprint density at radius 3 is 3.00 bits per heavy atom. The van der Waals surface area contributed by atoms with E-state index in [1.54, 1.807) is 7.11 Å². The topological polar surface area (TPSA) is 52.1 Å². The van der Waals surface area contributed by atoms with E-state index >= 15 is 0 Å². The molecule has 0 N–H and O–H groups in total. The fraction of sp³-hybridized carbons (Fsp3) is 0.214. The Balaban J connectivity index is 1.96. The molecule has 0 amide bonds. The SMILES string of the molecule is COc1ccc2c(c1)CC/C(=C/c1csnn1)C2=O. The van der Waals surface area contributed by atoms with Crippen LogP contribution >= 0.6 is 11.5 Å². The van der Waals surface area contributed by atoms with Gasteiger partial charge < -0.3 is 4.74 Å². The van der Waals surface area contributed by atoms with Crippen LogP contribution in [0.4, 0.5) is 0 Å². The number of carbonyl (C=O) groups excluding carboxylic acids is 1. The van der Waals surface area contributed by atoms with E-state index in [1.807, 2.05) is 29.7 Å². The number of nitrogens with zero attached hydrogens (tertiary/aromatic N) is 2. The molecule has 5 heteroatoms. The molecule has 0 fully saturated rings. The summed E-state index contributed by atoms with van der Waals surface area (Å²) in [6.07, 6.45) is 3.41. The first kappa shape index (κ1) is 12.0. The first-order chi connectivity index (χ1) is 9.28. The molecule has 19 heavy (non-hydrogen) atoms. The number of fused-ring (bicyclic) bond motifs is 1. The van der Waals surface area contributed by atoms with Crippen molar-refractivity contribution in [1.29, 1.82) is 0 Å². The lowest BCUT2D eigenvalue weighted by Gasteiger charge is -2.17. The summed E-state index contributed by atoms with van der Waals surface area (Å²) < 4.78 is 8.98. The number of Topliss-reactive ketones (excluding diaryl/α,β-unsaturated/α-hetero) is 1. The van der Waals surface area contributed by atoms with Crippen molar-refractivity contribution in [2.75, 3.05) is 7.11 Å². The molecule has 2 aromatic rings. The zero-order valence-corrected chi connectivity index (χ0v) is 11.2. The second-order valence-electron chi connectivity index (χ2n) is 4.35. The standard InChI is InChI=1S/C14H12N2O2S/c1-18-12-4-5-13-9(7-12)2-3-10(14(13)17)6-11-8-19-16-15-11/h4-8H,2-3H2,1H3/b10-6-. The minimum absolute atomic E-state index is 0.0805. The van der Waals surface area contributed by atoms with Crippen LogP contribution in [0.5, 0.6) is 5.75 Å². The van der Waals surface area contributed by atoms with Crippen LogP contribution in [0.15, 0.2) is 29.2 Å². The first-order valence-electron chi connectivity index (χ1n) is 5.97. The second kappa shape index (κ2) is 4.93. The highest BCUT2D eigenvalue weighted by Crippen LogP contribution is 2.29. The number of ketones is 1. The van der Waals surface area contributed by atoms with Crippen LogP contribution in [-0.2, 0) is 6.42 Å². The van der Waals surface area contributed by atoms with Gasteiger partial charge in [0, 0.05) is 16.5 Å². The molecular formula is C14H12N2O2S. The van der Waals surface area contributed by atoms with Gasteiger partial charge in [0.05, 0.1) is 12.8 Å². The maximum Gasteiger partial charge on any atom is 0.189 e. The Kier molecular flexibility index (Phi) is 3.13. The van der Waals surface area contributed by atoms with E-state index in [0.29, 0.717) is 0 Å². The molecule has 0 radical (unpaired) electrons. The smallest absolute Gasteiger partial charge is 0.189 e. The predicted octanol–water partition coefficient (Wildman–Crippen LogP) is 2.76. The fourth-order valence-corrected chi connectivity index (χ4v) is 2.64. The average molecular weight is 272 g/mol. The van der Waals surface area contributed by atoms with Gasteiger partial charge >= 0.3 is 0 Å². The molecule has 0 bridgehead atoms. The lowest BCUT2D eigenvalue weighted by atomic mass is 9.86. The molecule has 3 rings (SSSR count). The Labute approximate surface area is 114 Å². The van der Waals surface area contributed by atoms with Crippen LogP contribution in [0.25, 0.3) is 6.08 Å². The summed E-state index contributed by atoms with van der Waals surface area (Å²) in [6, 6.07) is 5.60. The normalized spacial score (nSPS) is 16.5. The molecule has 0 aliphatic heterocycles. The van der Waals surface area contributed by atoms with Crippen molar-refractivity contribution in [3.05, 3.63) is 46.0 Å². The van der Waals surface area contributed by atoms with E-state index in [-0.39, 0.29) is 5.78 Å². The third-order valence-electron chi connectivity index (χ3n) is 3.21. The van der Waals surface area contributed by atoms with Crippen LogP contribution in [0.1, 0.15) is 28.0 Å².